The van der Waals surface area contributed by atoms with Gasteiger partial charge in [0, 0.05) is 20.1 Å². The Balaban J connectivity index is 2.52. The molecule has 5 nitrogen and oxygen atoms in total. The molecule has 0 unspecified atom stereocenters. The maximum atomic E-state index is 12.2. The number of methoxy groups -OCH3 is 1. The maximum Gasteiger partial charge on any atom is 0.236 e. The number of nitrogens with zero attached hydrogens (tertiary/aromatic N) is 2. The van der Waals surface area contributed by atoms with Crippen molar-refractivity contribution in [3.63, 3.8) is 0 Å². The fourth-order valence-corrected chi connectivity index (χ4v) is 2.13. The van der Waals surface area contributed by atoms with Gasteiger partial charge in [0.05, 0.1) is 20.3 Å². The van der Waals surface area contributed by atoms with E-state index in [0.717, 1.165) is 24.3 Å². The second kappa shape index (κ2) is 9.37. The summed E-state index contributed by atoms with van der Waals surface area (Å²) < 4.78 is 5.12. The summed E-state index contributed by atoms with van der Waals surface area (Å²) >= 11 is 0. The number of hydrogen-bond acceptors (Lipinski definition) is 4. The van der Waals surface area contributed by atoms with E-state index in [1.807, 2.05) is 29.2 Å². The lowest BCUT2D eigenvalue weighted by Gasteiger charge is -2.24. The number of carbonyl (C=O) groups is 1. The standard InChI is InChI=1S/C16H26N2O3/c1-4-9-18(10-11-19)13-16(20)17(2)12-14-5-7-15(21-3)8-6-14/h5-8,19H,4,9-13H2,1-3H3. The minimum Gasteiger partial charge on any atom is -0.497 e. The van der Waals surface area contributed by atoms with Gasteiger partial charge in [-0.1, -0.05) is 19.1 Å². The summed E-state index contributed by atoms with van der Waals surface area (Å²) in [5, 5.41) is 9.02. The molecule has 1 N–H and O–H groups in total. The van der Waals surface area contributed by atoms with Crippen LogP contribution in [0.15, 0.2) is 24.3 Å². The van der Waals surface area contributed by atoms with Gasteiger partial charge in [0.15, 0.2) is 0 Å². The molecule has 1 aromatic rings. The van der Waals surface area contributed by atoms with Crippen LogP contribution in [0.25, 0.3) is 0 Å². The van der Waals surface area contributed by atoms with Gasteiger partial charge in [0.1, 0.15) is 5.75 Å². The van der Waals surface area contributed by atoms with Gasteiger partial charge in [-0.3, -0.25) is 9.69 Å². The van der Waals surface area contributed by atoms with Crippen molar-refractivity contribution in [3.05, 3.63) is 29.8 Å². The molecular formula is C16H26N2O3. The molecule has 1 amide bonds. The zero-order valence-electron chi connectivity index (χ0n) is 13.2. The topological polar surface area (TPSA) is 53.0 Å². The monoisotopic (exact) mass is 294 g/mol. The second-order valence-corrected chi connectivity index (χ2v) is 5.10. The van der Waals surface area contributed by atoms with E-state index in [-0.39, 0.29) is 12.5 Å². The Morgan fingerprint density at radius 1 is 1.24 bits per heavy atom. The quantitative estimate of drug-likeness (QED) is 0.747. The molecule has 0 saturated heterocycles. The third kappa shape index (κ3) is 6.14. The summed E-state index contributed by atoms with van der Waals surface area (Å²) in [6.07, 6.45) is 0.968. The van der Waals surface area contributed by atoms with E-state index in [1.165, 1.54) is 0 Å². The van der Waals surface area contributed by atoms with Crippen LogP contribution in [0, 0.1) is 0 Å². The molecule has 0 spiro atoms. The average Bonchev–Trinajstić information content (AvgIpc) is 2.48. The van der Waals surface area contributed by atoms with E-state index < -0.39 is 0 Å². The number of aliphatic hydroxyl groups excluding tert-OH is 1. The summed E-state index contributed by atoms with van der Waals surface area (Å²) in [5.41, 5.74) is 1.07. The SMILES string of the molecule is CCCN(CCO)CC(=O)N(C)Cc1ccc(OC)cc1. The van der Waals surface area contributed by atoms with Gasteiger partial charge >= 0.3 is 0 Å². The Hall–Kier alpha value is -1.59. The minimum absolute atomic E-state index is 0.0627. The van der Waals surface area contributed by atoms with Gasteiger partial charge in [-0.2, -0.15) is 0 Å². The van der Waals surface area contributed by atoms with Gasteiger partial charge in [-0.15, -0.1) is 0 Å². The number of ether oxygens (including phenoxy) is 1. The van der Waals surface area contributed by atoms with E-state index in [1.54, 1.807) is 19.1 Å². The lowest BCUT2D eigenvalue weighted by molar-refractivity contribution is -0.131. The molecule has 5 heteroatoms. The first kappa shape index (κ1) is 17.5. The molecule has 21 heavy (non-hydrogen) atoms. The van der Waals surface area contributed by atoms with Crippen LogP contribution in [0.2, 0.25) is 0 Å². The summed E-state index contributed by atoms with van der Waals surface area (Å²) in [4.78, 5) is 15.9. The summed E-state index contributed by atoms with van der Waals surface area (Å²) in [5.74, 6) is 0.873. The second-order valence-electron chi connectivity index (χ2n) is 5.10. The molecular weight excluding hydrogens is 268 g/mol. The van der Waals surface area contributed by atoms with Crippen LogP contribution in [0.5, 0.6) is 5.75 Å². The third-order valence-electron chi connectivity index (χ3n) is 3.32. The first-order valence-corrected chi connectivity index (χ1v) is 7.30. The fraction of sp³-hybridized carbons (Fsp3) is 0.562. The van der Waals surface area contributed by atoms with E-state index in [2.05, 4.69) is 6.92 Å². The van der Waals surface area contributed by atoms with Gasteiger partial charge < -0.3 is 14.7 Å². The zero-order chi connectivity index (χ0) is 15.7. The van der Waals surface area contributed by atoms with Gasteiger partial charge in [0.2, 0.25) is 5.91 Å². The zero-order valence-corrected chi connectivity index (χ0v) is 13.2. The molecule has 0 aliphatic carbocycles. The molecule has 0 fully saturated rings. The van der Waals surface area contributed by atoms with Crippen molar-refractivity contribution in [1.82, 2.24) is 9.80 Å². The van der Waals surface area contributed by atoms with Gasteiger partial charge in [-0.25, -0.2) is 0 Å². The number of rotatable bonds is 9. The molecule has 0 aliphatic heterocycles. The molecule has 1 rings (SSSR count). The Labute approximate surface area is 127 Å². The van der Waals surface area contributed by atoms with E-state index in [4.69, 9.17) is 9.84 Å². The van der Waals surface area contributed by atoms with Crippen molar-refractivity contribution in [2.45, 2.75) is 19.9 Å². The fourth-order valence-electron chi connectivity index (χ4n) is 2.13. The predicted molar refractivity (Wildman–Crippen MR) is 83.3 cm³/mol. The van der Waals surface area contributed by atoms with E-state index in [9.17, 15) is 4.79 Å². The number of aliphatic hydroxyl groups is 1. The largest absolute Gasteiger partial charge is 0.497 e. The van der Waals surface area contributed by atoms with E-state index in [0.29, 0.717) is 19.6 Å². The number of benzene rings is 1. The van der Waals surface area contributed by atoms with Gasteiger partial charge in [-0.05, 0) is 30.7 Å². The summed E-state index contributed by atoms with van der Waals surface area (Å²) in [7, 11) is 3.43. The Morgan fingerprint density at radius 2 is 1.90 bits per heavy atom. The Kier molecular flexibility index (Phi) is 7.79. The van der Waals surface area contributed by atoms with Crippen molar-refractivity contribution in [2.75, 3.05) is 40.4 Å². The summed E-state index contributed by atoms with van der Waals surface area (Å²) in [6, 6.07) is 7.70. The van der Waals surface area contributed by atoms with Crippen molar-refractivity contribution in [2.24, 2.45) is 0 Å². The molecule has 0 radical (unpaired) electrons. The van der Waals surface area contributed by atoms with Crippen LogP contribution in [-0.2, 0) is 11.3 Å². The smallest absolute Gasteiger partial charge is 0.236 e. The van der Waals surface area contributed by atoms with E-state index >= 15 is 0 Å². The van der Waals surface area contributed by atoms with Crippen LogP contribution < -0.4 is 4.74 Å². The van der Waals surface area contributed by atoms with Crippen molar-refractivity contribution in [3.8, 4) is 5.75 Å². The number of likely N-dealkylation sites (N-methyl/N-ethyl adjacent to an activating group) is 1. The van der Waals surface area contributed by atoms with Crippen LogP contribution in [0.4, 0.5) is 0 Å². The van der Waals surface area contributed by atoms with Crippen molar-refractivity contribution < 1.29 is 14.6 Å². The highest BCUT2D eigenvalue weighted by molar-refractivity contribution is 5.78. The molecule has 0 heterocycles. The third-order valence-corrected chi connectivity index (χ3v) is 3.32. The lowest BCUT2D eigenvalue weighted by atomic mass is 10.2. The molecule has 0 bridgehead atoms. The molecule has 0 aliphatic rings. The number of amides is 1. The van der Waals surface area contributed by atoms with Gasteiger partial charge in [0.25, 0.3) is 0 Å². The normalized spacial score (nSPS) is 10.7. The minimum atomic E-state index is 0.0627. The molecule has 118 valence electrons. The highest BCUT2D eigenvalue weighted by Gasteiger charge is 2.14. The van der Waals surface area contributed by atoms with Crippen molar-refractivity contribution >= 4 is 5.91 Å². The van der Waals surface area contributed by atoms with Crippen LogP contribution >= 0.6 is 0 Å². The first-order valence-electron chi connectivity index (χ1n) is 7.30. The highest BCUT2D eigenvalue weighted by atomic mass is 16.5. The number of hydrogen-bond donors (Lipinski definition) is 1. The molecule has 0 aromatic heterocycles. The maximum absolute atomic E-state index is 12.2. The highest BCUT2D eigenvalue weighted by Crippen LogP contribution is 2.12. The predicted octanol–water partition coefficient (Wildman–Crippen LogP) is 1.36. The molecule has 0 saturated carbocycles. The molecule has 1 aromatic carbocycles. The summed E-state index contributed by atoms with van der Waals surface area (Å²) in [6.45, 7) is 4.42. The number of carbonyl (C=O) groups excluding carboxylic acids is 1. The van der Waals surface area contributed by atoms with Crippen LogP contribution in [0.3, 0.4) is 0 Å². The lowest BCUT2D eigenvalue weighted by Crippen LogP contribution is -2.39. The Bertz CT molecular complexity index is 414. The average molecular weight is 294 g/mol. The Morgan fingerprint density at radius 3 is 2.43 bits per heavy atom. The van der Waals surface area contributed by atoms with Crippen LogP contribution in [-0.4, -0.2) is 61.2 Å². The molecule has 0 atom stereocenters. The first-order chi connectivity index (χ1) is 10.1. The van der Waals surface area contributed by atoms with Crippen LogP contribution in [0.1, 0.15) is 18.9 Å². The van der Waals surface area contributed by atoms with Crippen molar-refractivity contribution in [1.29, 1.82) is 0 Å².